The highest BCUT2D eigenvalue weighted by atomic mass is 32.2. The Hall–Kier alpha value is -2.74. The summed E-state index contributed by atoms with van der Waals surface area (Å²) >= 11 is 1.32. The Bertz CT molecular complexity index is 781. The lowest BCUT2D eigenvalue weighted by Gasteiger charge is -2.18. The molecule has 0 aromatic heterocycles. The van der Waals surface area contributed by atoms with Gasteiger partial charge in [-0.25, -0.2) is 0 Å². The topological polar surface area (TPSA) is 90.7 Å². The first-order chi connectivity index (χ1) is 11.6. The van der Waals surface area contributed by atoms with Gasteiger partial charge in [-0.05, 0) is 24.3 Å². The number of carbonyl (C=O) groups excluding carboxylic acids is 1. The van der Waals surface area contributed by atoms with Crippen LogP contribution in [0.25, 0.3) is 0 Å². The number of nitrogens with one attached hydrogen (secondary N) is 1. The minimum Gasteiger partial charge on any atom is -0.486 e. The first-order valence-electron chi connectivity index (χ1n) is 7.19. The molecular weight excluding hydrogens is 332 g/mol. The number of nitro groups is 1. The first kappa shape index (κ1) is 16.1. The fraction of sp³-hybridized carbons (Fsp3) is 0.188. The monoisotopic (exact) mass is 346 g/mol. The zero-order chi connectivity index (χ0) is 16.9. The van der Waals surface area contributed by atoms with Crippen LogP contribution in [0.15, 0.2) is 47.4 Å². The minimum atomic E-state index is -0.524. The fourth-order valence-corrected chi connectivity index (χ4v) is 2.91. The number of carbonyl (C=O) groups is 1. The maximum atomic E-state index is 12.0. The average molecular weight is 346 g/mol. The van der Waals surface area contributed by atoms with Crippen LogP contribution in [-0.4, -0.2) is 29.8 Å². The van der Waals surface area contributed by atoms with Crippen molar-refractivity contribution in [2.75, 3.05) is 24.3 Å². The molecule has 0 bridgehead atoms. The normalized spacial score (nSPS) is 12.5. The van der Waals surface area contributed by atoms with Crippen LogP contribution >= 0.6 is 11.8 Å². The van der Waals surface area contributed by atoms with Crippen LogP contribution in [0.1, 0.15) is 0 Å². The molecule has 2 aromatic rings. The van der Waals surface area contributed by atoms with Crippen LogP contribution in [0.5, 0.6) is 11.5 Å². The fourth-order valence-electron chi connectivity index (χ4n) is 2.19. The molecular formula is C16H14N2O5S. The third kappa shape index (κ3) is 3.77. The van der Waals surface area contributed by atoms with Gasteiger partial charge in [0.25, 0.3) is 5.69 Å². The van der Waals surface area contributed by atoms with E-state index in [1.165, 1.54) is 23.9 Å². The molecule has 3 rings (SSSR count). The van der Waals surface area contributed by atoms with Crippen molar-refractivity contribution in [3.8, 4) is 11.5 Å². The number of nitrogens with zero attached hydrogens (tertiary/aromatic N) is 1. The van der Waals surface area contributed by atoms with Crippen molar-refractivity contribution in [1.82, 2.24) is 0 Å². The number of amides is 1. The Balaban J connectivity index is 1.61. The second-order valence-electron chi connectivity index (χ2n) is 4.92. The van der Waals surface area contributed by atoms with Crippen LogP contribution in [-0.2, 0) is 4.79 Å². The molecule has 0 saturated heterocycles. The molecule has 8 heteroatoms. The molecule has 0 atom stereocenters. The number of thioether (sulfide) groups is 1. The van der Waals surface area contributed by atoms with Crippen molar-refractivity contribution in [3.63, 3.8) is 0 Å². The van der Waals surface area contributed by atoms with Gasteiger partial charge in [-0.15, -0.1) is 11.8 Å². The summed E-state index contributed by atoms with van der Waals surface area (Å²) in [6, 6.07) is 11.5. The van der Waals surface area contributed by atoms with Crippen LogP contribution in [0.2, 0.25) is 0 Å². The van der Waals surface area contributed by atoms with Crippen LogP contribution in [0.3, 0.4) is 0 Å². The lowest BCUT2D eigenvalue weighted by Crippen LogP contribution is -2.16. The van der Waals surface area contributed by atoms with E-state index in [0.717, 1.165) is 4.90 Å². The van der Waals surface area contributed by atoms with E-state index in [1.807, 2.05) is 12.1 Å². The van der Waals surface area contributed by atoms with Gasteiger partial charge in [0.05, 0.1) is 10.7 Å². The van der Waals surface area contributed by atoms with Crippen molar-refractivity contribution in [1.29, 1.82) is 0 Å². The van der Waals surface area contributed by atoms with Crippen molar-refractivity contribution in [2.45, 2.75) is 4.90 Å². The number of hydrogen-bond acceptors (Lipinski definition) is 6. The summed E-state index contributed by atoms with van der Waals surface area (Å²) < 4.78 is 10.9. The summed E-state index contributed by atoms with van der Waals surface area (Å²) in [4.78, 5) is 23.3. The molecule has 24 heavy (non-hydrogen) atoms. The number of ether oxygens (including phenoxy) is 2. The summed E-state index contributed by atoms with van der Waals surface area (Å²) in [5, 5.41) is 13.5. The summed E-state index contributed by atoms with van der Waals surface area (Å²) in [6.07, 6.45) is 0. The lowest BCUT2D eigenvalue weighted by molar-refractivity contribution is -0.383. The van der Waals surface area contributed by atoms with Gasteiger partial charge in [0.2, 0.25) is 5.91 Å². The summed E-state index contributed by atoms with van der Waals surface area (Å²) in [6.45, 7) is 1.02. The van der Waals surface area contributed by atoms with Gasteiger partial charge in [0.15, 0.2) is 11.5 Å². The Morgan fingerprint density at radius 2 is 1.92 bits per heavy atom. The third-order valence-electron chi connectivity index (χ3n) is 3.26. The molecule has 1 N–H and O–H groups in total. The number of hydrogen-bond donors (Lipinski definition) is 1. The zero-order valence-corrected chi connectivity index (χ0v) is 13.4. The van der Waals surface area contributed by atoms with Crippen LogP contribution in [0.4, 0.5) is 11.4 Å². The van der Waals surface area contributed by atoms with E-state index in [2.05, 4.69) is 5.32 Å². The van der Waals surface area contributed by atoms with Gasteiger partial charge in [-0.3, -0.25) is 14.9 Å². The predicted molar refractivity (Wildman–Crippen MR) is 89.9 cm³/mol. The van der Waals surface area contributed by atoms with E-state index in [-0.39, 0.29) is 23.0 Å². The van der Waals surface area contributed by atoms with Gasteiger partial charge >= 0.3 is 0 Å². The number of rotatable bonds is 5. The molecule has 0 radical (unpaired) electrons. The second-order valence-corrected chi connectivity index (χ2v) is 5.97. The van der Waals surface area contributed by atoms with E-state index in [9.17, 15) is 14.9 Å². The van der Waals surface area contributed by atoms with Crippen LogP contribution < -0.4 is 14.8 Å². The predicted octanol–water partition coefficient (Wildman–Crippen LogP) is 3.10. The quantitative estimate of drug-likeness (QED) is 0.508. The third-order valence-corrected chi connectivity index (χ3v) is 4.25. The molecule has 124 valence electrons. The molecule has 1 heterocycles. The molecule has 0 saturated carbocycles. The molecule has 0 fully saturated rings. The van der Waals surface area contributed by atoms with Crippen molar-refractivity contribution < 1.29 is 19.2 Å². The largest absolute Gasteiger partial charge is 0.486 e. The zero-order valence-electron chi connectivity index (χ0n) is 12.6. The van der Waals surface area contributed by atoms with Gasteiger partial charge < -0.3 is 14.8 Å². The molecule has 1 aliphatic heterocycles. The van der Waals surface area contributed by atoms with Gasteiger partial charge in [0, 0.05) is 11.0 Å². The van der Waals surface area contributed by atoms with E-state index in [0.29, 0.717) is 24.7 Å². The summed E-state index contributed by atoms with van der Waals surface area (Å²) in [7, 11) is 0. The Labute approximate surface area is 142 Å². The van der Waals surface area contributed by atoms with Crippen LogP contribution in [0, 0.1) is 10.1 Å². The highest BCUT2D eigenvalue weighted by Gasteiger charge is 2.16. The molecule has 7 nitrogen and oxygen atoms in total. The molecule has 1 amide bonds. The average Bonchev–Trinajstić information content (AvgIpc) is 2.60. The number of para-hydroxylation sites is 2. The van der Waals surface area contributed by atoms with E-state index in [1.54, 1.807) is 18.2 Å². The maximum Gasteiger partial charge on any atom is 0.292 e. The van der Waals surface area contributed by atoms with E-state index in [4.69, 9.17) is 9.47 Å². The summed E-state index contributed by atoms with van der Waals surface area (Å²) in [5.41, 5.74) is 0.0606. The highest BCUT2D eigenvalue weighted by Crippen LogP contribution is 2.34. The Morgan fingerprint density at radius 1 is 1.17 bits per heavy atom. The SMILES string of the molecule is O=C(CSc1ccc2c(c1)OCCO2)Nc1ccccc1[N+](=O)[O-]. The second kappa shape index (κ2) is 7.22. The van der Waals surface area contributed by atoms with E-state index >= 15 is 0 Å². The number of fused-ring (bicyclic) bond motifs is 1. The molecule has 0 spiro atoms. The minimum absolute atomic E-state index is 0.129. The highest BCUT2D eigenvalue weighted by molar-refractivity contribution is 8.00. The first-order valence-corrected chi connectivity index (χ1v) is 8.18. The molecule has 0 unspecified atom stereocenters. The standard InChI is InChI=1S/C16H14N2O5S/c19-16(17-12-3-1-2-4-13(12)18(20)21)10-24-11-5-6-14-15(9-11)23-8-7-22-14/h1-6,9H,7-8,10H2,(H,17,19). The van der Waals surface area contributed by atoms with Gasteiger partial charge in [-0.2, -0.15) is 0 Å². The maximum absolute atomic E-state index is 12.0. The van der Waals surface area contributed by atoms with E-state index < -0.39 is 4.92 Å². The van der Waals surface area contributed by atoms with Crippen molar-refractivity contribution in [2.24, 2.45) is 0 Å². The number of nitro benzene ring substituents is 1. The lowest BCUT2D eigenvalue weighted by atomic mass is 10.2. The Morgan fingerprint density at radius 3 is 2.71 bits per heavy atom. The Kier molecular flexibility index (Phi) is 4.85. The molecule has 0 aliphatic carbocycles. The number of benzene rings is 2. The van der Waals surface area contributed by atoms with Crippen molar-refractivity contribution in [3.05, 3.63) is 52.6 Å². The molecule has 1 aliphatic rings. The van der Waals surface area contributed by atoms with Gasteiger partial charge in [-0.1, -0.05) is 12.1 Å². The number of anilines is 1. The smallest absolute Gasteiger partial charge is 0.292 e. The van der Waals surface area contributed by atoms with Gasteiger partial charge in [0.1, 0.15) is 18.9 Å². The summed E-state index contributed by atoms with van der Waals surface area (Å²) in [5.74, 6) is 1.16. The molecule has 2 aromatic carbocycles. The van der Waals surface area contributed by atoms with Crippen molar-refractivity contribution >= 4 is 29.0 Å².